The van der Waals surface area contributed by atoms with Crippen LogP contribution in [0.5, 0.6) is 0 Å². The number of hydrogen-bond donors (Lipinski definition) is 0. The summed E-state index contributed by atoms with van der Waals surface area (Å²) in [6, 6.07) is 18.1. The predicted octanol–water partition coefficient (Wildman–Crippen LogP) is 5.56. The summed E-state index contributed by atoms with van der Waals surface area (Å²) in [6.45, 7) is 0. The van der Waals surface area contributed by atoms with Crippen LogP contribution in [-0.4, -0.2) is 9.97 Å². The van der Waals surface area contributed by atoms with Gasteiger partial charge in [-0.05, 0) is 48.0 Å². The van der Waals surface area contributed by atoms with Crippen molar-refractivity contribution in [3.05, 3.63) is 82.6 Å². The third-order valence-corrected chi connectivity index (χ3v) is 4.85. The number of rotatable bonds is 3. The van der Waals surface area contributed by atoms with Gasteiger partial charge in [0, 0.05) is 22.5 Å². The minimum absolute atomic E-state index is 0.286. The first-order valence-corrected chi connectivity index (χ1v) is 8.80. The summed E-state index contributed by atoms with van der Waals surface area (Å²) < 4.78 is 13.1. The van der Waals surface area contributed by atoms with E-state index in [0.29, 0.717) is 10.6 Å². The summed E-state index contributed by atoms with van der Waals surface area (Å²) in [5.41, 5.74) is 3.83. The zero-order valence-corrected chi connectivity index (χ0v) is 14.4. The van der Waals surface area contributed by atoms with Gasteiger partial charge in [-0.3, -0.25) is 4.98 Å². The lowest BCUT2D eigenvalue weighted by atomic mass is 10.1. The molecule has 0 bridgehead atoms. The largest absolute Gasteiger partial charge is 0.256 e. The van der Waals surface area contributed by atoms with E-state index in [1.165, 1.54) is 23.5 Å². The lowest BCUT2D eigenvalue weighted by molar-refractivity contribution is 0.628. The zero-order valence-electron chi connectivity index (χ0n) is 13.6. The van der Waals surface area contributed by atoms with Crippen molar-refractivity contribution in [2.45, 2.75) is 0 Å². The van der Waals surface area contributed by atoms with E-state index in [2.05, 4.69) is 16.0 Å². The fraction of sp³-hybridized carbons (Fsp3) is 0. The fourth-order valence-electron chi connectivity index (χ4n) is 2.69. The van der Waals surface area contributed by atoms with Crippen LogP contribution in [0.2, 0.25) is 0 Å². The first-order valence-electron chi connectivity index (χ1n) is 7.92. The Morgan fingerprint density at radius 1 is 1.08 bits per heavy atom. The lowest BCUT2D eigenvalue weighted by Crippen LogP contribution is -1.85. The molecule has 0 amide bonds. The highest BCUT2D eigenvalue weighted by molar-refractivity contribution is 7.11. The van der Waals surface area contributed by atoms with E-state index in [0.717, 1.165) is 27.7 Å². The van der Waals surface area contributed by atoms with Gasteiger partial charge < -0.3 is 0 Å². The number of nitrogens with zero attached hydrogens (tertiary/aromatic N) is 3. The molecular weight excluding hydrogens is 345 g/mol. The van der Waals surface area contributed by atoms with Gasteiger partial charge >= 0.3 is 0 Å². The number of para-hydroxylation sites is 1. The van der Waals surface area contributed by atoms with Crippen LogP contribution in [0.15, 0.2) is 66.2 Å². The maximum absolute atomic E-state index is 13.1. The van der Waals surface area contributed by atoms with E-state index < -0.39 is 0 Å². The minimum atomic E-state index is -0.286. The fourth-order valence-corrected chi connectivity index (χ4v) is 3.49. The Morgan fingerprint density at radius 2 is 1.88 bits per heavy atom. The lowest BCUT2D eigenvalue weighted by Gasteiger charge is -2.01. The predicted molar refractivity (Wildman–Crippen MR) is 103 cm³/mol. The Labute approximate surface area is 153 Å². The molecule has 0 radical (unpaired) electrons. The molecule has 0 saturated heterocycles. The SMILES string of the molecule is N#C/C(=C/c1ccnc2ccccc12)c1nc(-c2ccc(F)cc2)cs1. The van der Waals surface area contributed by atoms with Crippen LogP contribution in [-0.2, 0) is 0 Å². The molecule has 2 aromatic heterocycles. The standard InChI is InChI=1S/C21H12FN3S/c22-17-7-5-14(6-8-17)20-13-26-21(25-20)16(12-23)11-15-9-10-24-19-4-2-1-3-18(15)19/h1-11,13H/b16-11-. The molecule has 2 heterocycles. The molecule has 3 nitrogen and oxygen atoms in total. The van der Waals surface area contributed by atoms with Crippen molar-refractivity contribution in [2.75, 3.05) is 0 Å². The third kappa shape index (κ3) is 3.10. The van der Waals surface area contributed by atoms with Crippen molar-refractivity contribution >= 4 is 33.9 Å². The van der Waals surface area contributed by atoms with E-state index >= 15 is 0 Å². The Balaban J connectivity index is 1.75. The number of fused-ring (bicyclic) bond motifs is 1. The highest BCUT2D eigenvalue weighted by atomic mass is 32.1. The molecular formula is C21H12FN3S. The quantitative estimate of drug-likeness (QED) is 0.451. The number of pyridine rings is 1. The van der Waals surface area contributed by atoms with Gasteiger partial charge in [-0.15, -0.1) is 11.3 Å². The molecule has 0 atom stereocenters. The van der Waals surface area contributed by atoms with Crippen LogP contribution in [0.25, 0.3) is 33.8 Å². The van der Waals surface area contributed by atoms with Gasteiger partial charge in [0.25, 0.3) is 0 Å². The summed E-state index contributed by atoms with van der Waals surface area (Å²) >= 11 is 1.39. The molecule has 0 fully saturated rings. The van der Waals surface area contributed by atoms with Crippen molar-refractivity contribution in [3.8, 4) is 17.3 Å². The summed E-state index contributed by atoms with van der Waals surface area (Å²) in [4.78, 5) is 8.89. The van der Waals surface area contributed by atoms with Crippen molar-refractivity contribution in [1.82, 2.24) is 9.97 Å². The third-order valence-electron chi connectivity index (χ3n) is 3.98. The smallest absolute Gasteiger partial charge is 0.134 e. The normalized spacial score (nSPS) is 11.5. The highest BCUT2D eigenvalue weighted by Crippen LogP contribution is 2.28. The molecule has 4 aromatic rings. The van der Waals surface area contributed by atoms with E-state index in [9.17, 15) is 9.65 Å². The second kappa shape index (κ2) is 6.87. The molecule has 5 heteroatoms. The summed E-state index contributed by atoms with van der Waals surface area (Å²) in [5.74, 6) is -0.286. The van der Waals surface area contributed by atoms with Crippen molar-refractivity contribution < 1.29 is 4.39 Å². The number of halogens is 1. The van der Waals surface area contributed by atoms with Gasteiger partial charge in [-0.1, -0.05) is 18.2 Å². The summed E-state index contributed by atoms with van der Waals surface area (Å²) in [6.07, 6.45) is 3.56. The highest BCUT2D eigenvalue weighted by Gasteiger charge is 2.10. The van der Waals surface area contributed by atoms with Gasteiger partial charge in [0.05, 0.1) is 16.8 Å². The van der Waals surface area contributed by atoms with Gasteiger partial charge in [0.2, 0.25) is 0 Å². The molecule has 0 saturated carbocycles. The van der Waals surface area contributed by atoms with Crippen molar-refractivity contribution in [2.24, 2.45) is 0 Å². The van der Waals surface area contributed by atoms with Gasteiger partial charge in [0.1, 0.15) is 16.9 Å². The van der Waals surface area contributed by atoms with Gasteiger partial charge in [-0.2, -0.15) is 5.26 Å². The number of allylic oxidation sites excluding steroid dienone is 1. The average molecular weight is 357 g/mol. The number of hydrogen-bond acceptors (Lipinski definition) is 4. The Kier molecular flexibility index (Phi) is 4.26. The molecule has 0 aliphatic heterocycles. The molecule has 0 aliphatic rings. The topological polar surface area (TPSA) is 49.6 Å². The van der Waals surface area contributed by atoms with E-state index in [4.69, 9.17) is 0 Å². The summed E-state index contributed by atoms with van der Waals surface area (Å²) in [5, 5.41) is 13.1. The van der Waals surface area contributed by atoms with Crippen LogP contribution < -0.4 is 0 Å². The molecule has 0 unspecified atom stereocenters. The monoisotopic (exact) mass is 357 g/mol. The minimum Gasteiger partial charge on any atom is -0.256 e. The maximum Gasteiger partial charge on any atom is 0.134 e. The first-order chi connectivity index (χ1) is 12.7. The van der Waals surface area contributed by atoms with Crippen LogP contribution in [0.1, 0.15) is 10.6 Å². The second-order valence-electron chi connectivity index (χ2n) is 5.63. The average Bonchev–Trinajstić information content (AvgIpc) is 3.16. The first kappa shape index (κ1) is 16.1. The number of nitriles is 1. The van der Waals surface area contributed by atoms with Crippen molar-refractivity contribution in [3.63, 3.8) is 0 Å². The molecule has 0 aliphatic carbocycles. The summed E-state index contributed by atoms with van der Waals surface area (Å²) in [7, 11) is 0. The second-order valence-corrected chi connectivity index (χ2v) is 6.49. The van der Waals surface area contributed by atoms with Crippen LogP contribution >= 0.6 is 11.3 Å². The zero-order chi connectivity index (χ0) is 17.9. The molecule has 0 spiro atoms. The molecule has 26 heavy (non-hydrogen) atoms. The van der Waals surface area contributed by atoms with E-state index in [1.807, 2.05) is 41.8 Å². The van der Waals surface area contributed by atoms with Crippen molar-refractivity contribution in [1.29, 1.82) is 5.26 Å². The maximum atomic E-state index is 13.1. The van der Waals surface area contributed by atoms with Crippen LogP contribution in [0.3, 0.4) is 0 Å². The van der Waals surface area contributed by atoms with E-state index in [-0.39, 0.29) is 5.82 Å². The Hall–Kier alpha value is -3.36. The number of thiazole rings is 1. The van der Waals surface area contributed by atoms with Crippen LogP contribution in [0.4, 0.5) is 4.39 Å². The Morgan fingerprint density at radius 3 is 2.69 bits per heavy atom. The molecule has 4 rings (SSSR count). The van der Waals surface area contributed by atoms with Gasteiger partial charge in [0.15, 0.2) is 0 Å². The Bertz CT molecular complexity index is 1150. The molecule has 0 N–H and O–H groups in total. The van der Waals surface area contributed by atoms with E-state index in [1.54, 1.807) is 18.3 Å². The number of aromatic nitrogens is 2. The van der Waals surface area contributed by atoms with Crippen LogP contribution in [0, 0.1) is 17.1 Å². The number of benzene rings is 2. The molecule has 124 valence electrons. The molecule has 2 aromatic carbocycles. The van der Waals surface area contributed by atoms with Gasteiger partial charge in [-0.25, -0.2) is 9.37 Å².